The third-order valence-corrected chi connectivity index (χ3v) is 4.05. The van der Waals surface area contributed by atoms with Crippen LogP contribution in [0.25, 0.3) is 6.08 Å². The molecule has 8 nitrogen and oxygen atoms in total. The fraction of sp³-hybridized carbons (Fsp3) is 0.333. The van der Waals surface area contributed by atoms with Crippen LogP contribution in [0.4, 0.5) is 5.69 Å². The van der Waals surface area contributed by atoms with Crippen LogP contribution in [0.5, 0.6) is 11.5 Å². The van der Waals surface area contributed by atoms with Crippen LogP contribution in [-0.2, 0) is 4.79 Å². The molecule has 1 heterocycles. The predicted molar refractivity (Wildman–Crippen MR) is 91.7 cm³/mol. The van der Waals surface area contributed by atoms with Crippen molar-refractivity contribution in [2.45, 2.75) is 13.8 Å². The van der Waals surface area contributed by atoms with Gasteiger partial charge in [0, 0.05) is 25.2 Å². The maximum absolute atomic E-state index is 12.4. The average molecular weight is 351 g/mol. The van der Waals surface area contributed by atoms with E-state index in [-0.39, 0.29) is 41.0 Å². The fourth-order valence-electron chi connectivity index (χ4n) is 2.33. The number of nitro groups is 1. The molecule has 1 saturated heterocycles. The average Bonchev–Trinajstić information content (AvgIpc) is 2.74. The first kappa shape index (κ1) is 17.7. The monoisotopic (exact) mass is 351 g/mol. The Morgan fingerprint density at radius 2 is 2.08 bits per heavy atom. The molecule has 1 fully saturated rings. The van der Waals surface area contributed by atoms with Crippen molar-refractivity contribution in [1.82, 2.24) is 9.80 Å². The summed E-state index contributed by atoms with van der Waals surface area (Å²) in [6.45, 7) is 4.13. The number of rotatable bonds is 5. The molecule has 0 saturated carbocycles. The van der Waals surface area contributed by atoms with Crippen molar-refractivity contribution < 1.29 is 19.6 Å². The number of carbonyl (C=O) groups excluding carboxylic acids is 1. The predicted octanol–water partition coefficient (Wildman–Crippen LogP) is 2.12. The number of amides is 1. The molecule has 128 valence electrons. The molecular formula is C15H17N3O5S. The van der Waals surface area contributed by atoms with Crippen molar-refractivity contribution in [2.24, 2.45) is 0 Å². The molecule has 0 aromatic heterocycles. The van der Waals surface area contributed by atoms with Gasteiger partial charge in [-0.05, 0) is 32.1 Å². The van der Waals surface area contributed by atoms with E-state index in [1.54, 1.807) is 20.9 Å². The van der Waals surface area contributed by atoms with Crippen LogP contribution in [0.1, 0.15) is 19.4 Å². The normalized spacial score (nSPS) is 16.2. The Balaban J connectivity index is 2.57. The molecule has 1 aliphatic heterocycles. The molecule has 1 N–H and O–H groups in total. The number of phenols is 1. The first-order valence-electron chi connectivity index (χ1n) is 7.27. The van der Waals surface area contributed by atoms with Crippen LogP contribution >= 0.6 is 12.2 Å². The molecule has 9 heteroatoms. The minimum atomic E-state index is -0.590. The van der Waals surface area contributed by atoms with Gasteiger partial charge >= 0.3 is 0 Å². The molecule has 24 heavy (non-hydrogen) atoms. The topological polar surface area (TPSA) is 96.1 Å². The highest BCUT2D eigenvalue weighted by Gasteiger charge is 2.34. The van der Waals surface area contributed by atoms with Gasteiger partial charge in [-0.2, -0.15) is 0 Å². The summed E-state index contributed by atoms with van der Waals surface area (Å²) in [5, 5.41) is 21.7. The first-order valence-corrected chi connectivity index (χ1v) is 7.68. The van der Waals surface area contributed by atoms with E-state index in [0.29, 0.717) is 11.7 Å². The Hall–Kier alpha value is -2.68. The number of thiocarbonyl (C=S) groups is 1. The van der Waals surface area contributed by atoms with Gasteiger partial charge in [0.25, 0.3) is 11.6 Å². The molecule has 0 unspecified atom stereocenters. The van der Waals surface area contributed by atoms with Crippen molar-refractivity contribution in [2.75, 3.05) is 20.2 Å². The second-order valence-electron chi connectivity index (χ2n) is 4.99. The van der Waals surface area contributed by atoms with E-state index in [4.69, 9.17) is 17.0 Å². The summed E-state index contributed by atoms with van der Waals surface area (Å²) in [5.41, 5.74) is 0.0924. The smallest absolute Gasteiger partial charge is 0.276 e. The van der Waals surface area contributed by atoms with Crippen molar-refractivity contribution in [1.29, 1.82) is 0 Å². The molecular weight excluding hydrogens is 334 g/mol. The van der Waals surface area contributed by atoms with Crippen molar-refractivity contribution >= 4 is 35.0 Å². The molecule has 1 aromatic rings. The van der Waals surface area contributed by atoms with Crippen molar-refractivity contribution in [3.63, 3.8) is 0 Å². The van der Waals surface area contributed by atoms with E-state index in [0.717, 1.165) is 6.07 Å². The highest BCUT2D eigenvalue weighted by molar-refractivity contribution is 7.80. The Morgan fingerprint density at radius 1 is 1.42 bits per heavy atom. The summed E-state index contributed by atoms with van der Waals surface area (Å²) in [7, 11) is 1.62. The van der Waals surface area contributed by atoms with Crippen molar-refractivity contribution in [3.8, 4) is 11.5 Å². The summed E-state index contributed by atoms with van der Waals surface area (Å²) in [5.74, 6) is -0.604. The standard InChI is InChI=1S/C15H17N3O5S/c1-4-17-14(20)11(16(3)15(17)24)7-9-6-10(18(21)22)8-12(13(9)19)23-5-2/h6-8,19H,4-5H2,1-3H3/b11-7+. The molecule has 1 aliphatic rings. The maximum Gasteiger partial charge on any atom is 0.276 e. The summed E-state index contributed by atoms with van der Waals surface area (Å²) < 4.78 is 5.23. The van der Waals surface area contributed by atoms with Crippen LogP contribution in [0, 0.1) is 10.1 Å². The Morgan fingerprint density at radius 3 is 2.58 bits per heavy atom. The number of hydrogen-bond donors (Lipinski definition) is 1. The highest BCUT2D eigenvalue weighted by Crippen LogP contribution is 2.37. The number of likely N-dealkylation sites (N-methyl/N-ethyl adjacent to an activating group) is 2. The highest BCUT2D eigenvalue weighted by atomic mass is 32.1. The third-order valence-electron chi connectivity index (χ3n) is 3.55. The molecule has 2 rings (SSSR count). The SMILES string of the molecule is CCOc1cc([N+](=O)[O-])cc(/C=C2\C(=O)N(CC)C(=S)N2C)c1O. The van der Waals surface area contributed by atoms with Gasteiger partial charge in [-0.15, -0.1) is 0 Å². The Labute approximate surface area is 144 Å². The van der Waals surface area contributed by atoms with E-state index in [1.165, 1.54) is 21.9 Å². The number of hydrogen-bond acceptors (Lipinski definition) is 6. The van der Waals surface area contributed by atoms with Crippen LogP contribution < -0.4 is 4.74 Å². The summed E-state index contributed by atoms with van der Waals surface area (Å²) >= 11 is 5.20. The number of carbonyl (C=O) groups is 1. The molecule has 0 radical (unpaired) electrons. The first-order chi connectivity index (χ1) is 11.3. The lowest BCUT2D eigenvalue weighted by Gasteiger charge is -2.13. The van der Waals surface area contributed by atoms with E-state index in [2.05, 4.69) is 0 Å². The summed E-state index contributed by atoms with van der Waals surface area (Å²) in [6.07, 6.45) is 1.37. The van der Waals surface area contributed by atoms with Crippen molar-refractivity contribution in [3.05, 3.63) is 33.5 Å². The Kier molecular flexibility index (Phi) is 5.03. The summed E-state index contributed by atoms with van der Waals surface area (Å²) in [4.78, 5) is 25.8. The van der Waals surface area contributed by atoms with Crippen LogP contribution in [0.2, 0.25) is 0 Å². The lowest BCUT2D eigenvalue weighted by molar-refractivity contribution is -0.385. The largest absolute Gasteiger partial charge is 0.504 e. The molecule has 0 bridgehead atoms. The van der Waals surface area contributed by atoms with Gasteiger partial charge in [-0.3, -0.25) is 19.8 Å². The molecule has 1 aromatic carbocycles. The maximum atomic E-state index is 12.4. The van der Waals surface area contributed by atoms with E-state index in [9.17, 15) is 20.0 Å². The molecule has 0 spiro atoms. The van der Waals surface area contributed by atoms with E-state index in [1.807, 2.05) is 0 Å². The van der Waals surface area contributed by atoms with Crippen LogP contribution in [-0.4, -0.2) is 51.0 Å². The van der Waals surface area contributed by atoms with Gasteiger partial charge < -0.3 is 14.7 Å². The number of non-ortho nitro benzene ring substituents is 1. The quantitative estimate of drug-likeness (QED) is 0.376. The van der Waals surface area contributed by atoms with Gasteiger partial charge in [0.05, 0.1) is 17.6 Å². The Bertz CT molecular complexity index is 747. The number of phenolic OH excluding ortho intramolecular Hbond substituents is 1. The third kappa shape index (κ3) is 3.02. The molecule has 1 amide bonds. The molecule has 0 aliphatic carbocycles. The zero-order chi connectivity index (χ0) is 18.0. The van der Waals surface area contributed by atoms with E-state index >= 15 is 0 Å². The minimum absolute atomic E-state index is 0.0124. The van der Waals surface area contributed by atoms with Gasteiger partial charge in [-0.1, -0.05) is 0 Å². The number of benzene rings is 1. The van der Waals surface area contributed by atoms with Gasteiger partial charge in [0.15, 0.2) is 16.6 Å². The van der Waals surface area contributed by atoms with E-state index < -0.39 is 4.92 Å². The second kappa shape index (κ2) is 6.83. The number of nitro benzene ring substituents is 1. The van der Waals surface area contributed by atoms with Gasteiger partial charge in [0.2, 0.25) is 0 Å². The number of ether oxygens (including phenoxy) is 1. The minimum Gasteiger partial charge on any atom is -0.504 e. The lowest BCUT2D eigenvalue weighted by Crippen LogP contribution is -2.30. The zero-order valence-corrected chi connectivity index (χ0v) is 14.3. The zero-order valence-electron chi connectivity index (χ0n) is 13.5. The van der Waals surface area contributed by atoms with Gasteiger partial charge in [-0.25, -0.2) is 0 Å². The fourth-order valence-corrected chi connectivity index (χ4v) is 2.64. The molecule has 0 atom stereocenters. The van der Waals surface area contributed by atoms with Gasteiger partial charge in [0.1, 0.15) is 5.70 Å². The van der Waals surface area contributed by atoms with Crippen LogP contribution in [0.3, 0.4) is 0 Å². The summed E-state index contributed by atoms with van der Waals surface area (Å²) in [6, 6.07) is 2.33. The number of aromatic hydroxyl groups is 1. The van der Waals surface area contributed by atoms with Crippen LogP contribution in [0.15, 0.2) is 17.8 Å². The lowest BCUT2D eigenvalue weighted by atomic mass is 10.1. The number of nitrogens with zero attached hydrogens (tertiary/aromatic N) is 3. The second-order valence-corrected chi connectivity index (χ2v) is 5.36.